The molecule has 0 saturated heterocycles. The van der Waals surface area contributed by atoms with Crippen molar-refractivity contribution in [3.8, 4) is 39.1 Å². The molecule has 0 atom stereocenters. The Bertz CT molecular complexity index is 2560. The van der Waals surface area contributed by atoms with Gasteiger partial charge < -0.3 is 4.57 Å². The molecule has 0 aliphatic carbocycles. The van der Waals surface area contributed by atoms with Crippen molar-refractivity contribution in [1.82, 2.24) is 4.57 Å². The fourth-order valence-electron chi connectivity index (χ4n) is 7.37. The summed E-state index contributed by atoms with van der Waals surface area (Å²) in [4.78, 5) is 4.02. The first-order valence-electron chi connectivity index (χ1n) is 15.9. The summed E-state index contributed by atoms with van der Waals surface area (Å²) in [6, 6.07) is 60.1. The van der Waals surface area contributed by atoms with Gasteiger partial charge in [0.25, 0.3) is 0 Å². The fourth-order valence-corrected chi connectivity index (χ4v) is 7.37. The van der Waals surface area contributed by atoms with Crippen molar-refractivity contribution in [3.05, 3.63) is 181 Å². The van der Waals surface area contributed by atoms with E-state index in [9.17, 15) is 0 Å². The van der Waals surface area contributed by atoms with E-state index in [0.717, 1.165) is 33.4 Å². The monoisotopic (exact) mass is 596 g/mol. The van der Waals surface area contributed by atoms with Crippen LogP contribution in [0.15, 0.2) is 170 Å². The third-order valence-corrected chi connectivity index (χ3v) is 9.42. The highest BCUT2D eigenvalue weighted by Crippen LogP contribution is 2.44. The van der Waals surface area contributed by atoms with Gasteiger partial charge in [-0.1, -0.05) is 146 Å². The molecule has 0 N–H and O–H groups in total. The molecule has 0 unspecified atom stereocenters. The Morgan fingerprint density at radius 3 is 1.32 bits per heavy atom. The van der Waals surface area contributed by atoms with Crippen molar-refractivity contribution in [3.63, 3.8) is 0 Å². The number of para-hydroxylation sites is 2. The second-order valence-corrected chi connectivity index (χ2v) is 12.0. The van der Waals surface area contributed by atoms with E-state index in [1.165, 1.54) is 49.0 Å². The van der Waals surface area contributed by atoms with Gasteiger partial charge in [0.2, 0.25) is 0 Å². The fraction of sp³-hybridized carbons (Fsp3) is 0. The molecule has 2 heteroatoms. The third kappa shape index (κ3) is 4.26. The zero-order chi connectivity index (χ0) is 31.3. The van der Waals surface area contributed by atoms with Crippen LogP contribution >= 0.6 is 0 Å². The molecule has 0 aliphatic heterocycles. The first-order valence-corrected chi connectivity index (χ1v) is 15.9. The highest BCUT2D eigenvalue weighted by atomic mass is 15.0. The van der Waals surface area contributed by atoms with E-state index in [2.05, 4.69) is 173 Å². The van der Waals surface area contributed by atoms with Gasteiger partial charge in [0, 0.05) is 16.5 Å². The summed E-state index contributed by atoms with van der Waals surface area (Å²) in [5.41, 5.74) is 10.7. The van der Waals surface area contributed by atoms with Gasteiger partial charge in [0.1, 0.15) is 0 Å². The quantitative estimate of drug-likeness (QED) is 0.141. The van der Waals surface area contributed by atoms with E-state index in [0.29, 0.717) is 5.69 Å². The van der Waals surface area contributed by atoms with Crippen LogP contribution in [0.1, 0.15) is 0 Å². The van der Waals surface area contributed by atoms with Crippen LogP contribution < -0.4 is 0 Å². The first-order chi connectivity index (χ1) is 23.3. The van der Waals surface area contributed by atoms with Gasteiger partial charge in [-0.15, -0.1) is 0 Å². The largest absolute Gasteiger partial charge is 0.311 e. The highest BCUT2D eigenvalue weighted by Gasteiger charge is 2.17. The predicted octanol–water partition coefficient (Wildman–Crippen LogP) is 12.6. The van der Waals surface area contributed by atoms with E-state index in [4.69, 9.17) is 6.57 Å². The smallest absolute Gasteiger partial charge is 0.196 e. The number of nitrogens with zero attached hydrogens (tertiary/aromatic N) is 2. The molecule has 0 aliphatic rings. The SMILES string of the molecule is [C-]#[N+]c1cc(-n2c3ccccc3c3ccccc32)ccc1-c1ccc(-c2c3ccccc3c(-c3ccccc3)c3ccccc23)cc1. The van der Waals surface area contributed by atoms with E-state index < -0.39 is 0 Å². The lowest BCUT2D eigenvalue weighted by Crippen LogP contribution is -1.94. The summed E-state index contributed by atoms with van der Waals surface area (Å²) in [5.74, 6) is 0. The first kappa shape index (κ1) is 26.9. The molecule has 8 aromatic carbocycles. The van der Waals surface area contributed by atoms with Crippen LogP contribution in [0.5, 0.6) is 0 Å². The molecule has 218 valence electrons. The molecule has 47 heavy (non-hydrogen) atoms. The van der Waals surface area contributed by atoms with Crippen LogP contribution in [0.25, 0.3) is 87.3 Å². The summed E-state index contributed by atoms with van der Waals surface area (Å²) >= 11 is 0. The minimum Gasteiger partial charge on any atom is -0.311 e. The van der Waals surface area contributed by atoms with Gasteiger partial charge in [0.05, 0.1) is 17.6 Å². The van der Waals surface area contributed by atoms with Gasteiger partial charge >= 0.3 is 0 Å². The standard InChI is InChI=1S/C45H28N2/c1-46-41-29-33(47-42-21-11-9-15-35(42)36-16-10-12-22-43(36)47)27-28-34(41)30-23-25-32(26-24-30)45-39-19-7-5-17-37(39)44(31-13-3-2-4-14-31)38-18-6-8-20-40(38)45/h2-29H. The zero-order valence-corrected chi connectivity index (χ0v) is 25.6. The average molecular weight is 597 g/mol. The number of hydrogen-bond donors (Lipinski definition) is 0. The molecule has 0 radical (unpaired) electrons. The van der Waals surface area contributed by atoms with Crippen LogP contribution in [-0.2, 0) is 0 Å². The van der Waals surface area contributed by atoms with Crippen molar-refractivity contribution < 1.29 is 0 Å². The van der Waals surface area contributed by atoms with Crippen LogP contribution in [0.4, 0.5) is 5.69 Å². The molecule has 9 aromatic rings. The number of aromatic nitrogens is 1. The molecule has 1 heterocycles. The molecule has 9 rings (SSSR count). The Balaban J connectivity index is 1.18. The average Bonchev–Trinajstić information content (AvgIpc) is 3.48. The molecule has 0 spiro atoms. The maximum absolute atomic E-state index is 8.15. The molecule has 0 amide bonds. The molecule has 1 aromatic heterocycles. The molecular formula is C45H28N2. The van der Waals surface area contributed by atoms with Gasteiger partial charge in [-0.05, 0) is 79.2 Å². The van der Waals surface area contributed by atoms with E-state index in [1.54, 1.807) is 0 Å². The molecule has 0 bridgehead atoms. The number of fused-ring (bicyclic) bond motifs is 5. The van der Waals surface area contributed by atoms with Gasteiger partial charge in [-0.2, -0.15) is 0 Å². The lowest BCUT2D eigenvalue weighted by molar-refractivity contribution is 1.18. The van der Waals surface area contributed by atoms with Crippen LogP contribution in [0.2, 0.25) is 0 Å². The van der Waals surface area contributed by atoms with Crippen LogP contribution in [0.3, 0.4) is 0 Å². The summed E-state index contributed by atoms with van der Waals surface area (Å²) in [7, 11) is 0. The number of rotatable bonds is 4. The summed E-state index contributed by atoms with van der Waals surface area (Å²) in [5, 5.41) is 7.37. The van der Waals surface area contributed by atoms with Gasteiger partial charge in [-0.3, -0.25) is 0 Å². The molecule has 0 saturated carbocycles. The Morgan fingerprint density at radius 2 is 0.809 bits per heavy atom. The number of benzene rings is 8. The Morgan fingerprint density at radius 1 is 0.383 bits per heavy atom. The predicted molar refractivity (Wildman–Crippen MR) is 198 cm³/mol. The van der Waals surface area contributed by atoms with Crippen molar-refractivity contribution >= 4 is 49.0 Å². The summed E-state index contributed by atoms with van der Waals surface area (Å²) < 4.78 is 2.27. The molecule has 2 nitrogen and oxygen atoms in total. The van der Waals surface area contributed by atoms with Crippen molar-refractivity contribution in [2.45, 2.75) is 0 Å². The minimum absolute atomic E-state index is 0.639. The lowest BCUT2D eigenvalue weighted by Gasteiger charge is -2.18. The lowest BCUT2D eigenvalue weighted by atomic mass is 9.85. The summed E-state index contributed by atoms with van der Waals surface area (Å²) in [6.07, 6.45) is 0. The van der Waals surface area contributed by atoms with Crippen molar-refractivity contribution in [1.29, 1.82) is 0 Å². The summed E-state index contributed by atoms with van der Waals surface area (Å²) in [6.45, 7) is 8.15. The van der Waals surface area contributed by atoms with Gasteiger partial charge in [0.15, 0.2) is 5.69 Å². The molecular weight excluding hydrogens is 569 g/mol. The third-order valence-electron chi connectivity index (χ3n) is 9.42. The normalized spacial score (nSPS) is 11.4. The second-order valence-electron chi connectivity index (χ2n) is 12.0. The maximum Gasteiger partial charge on any atom is 0.196 e. The minimum atomic E-state index is 0.639. The van der Waals surface area contributed by atoms with E-state index in [-0.39, 0.29) is 0 Å². The van der Waals surface area contributed by atoms with Crippen LogP contribution in [0, 0.1) is 6.57 Å². The Kier molecular flexibility index (Phi) is 6.23. The van der Waals surface area contributed by atoms with E-state index >= 15 is 0 Å². The Hall–Kier alpha value is -6.43. The molecule has 0 fully saturated rings. The second kappa shape index (κ2) is 10.9. The maximum atomic E-state index is 8.15. The topological polar surface area (TPSA) is 9.29 Å². The zero-order valence-electron chi connectivity index (χ0n) is 25.6. The van der Waals surface area contributed by atoms with Crippen molar-refractivity contribution in [2.24, 2.45) is 0 Å². The van der Waals surface area contributed by atoms with E-state index in [1.807, 2.05) is 6.07 Å². The van der Waals surface area contributed by atoms with Crippen molar-refractivity contribution in [2.75, 3.05) is 0 Å². The Labute approximate surface area is 273 Å². The van der Waals surface area contributed by atoms with Gasteiger partial charge in [-0.25, -0.2) is 4.85 Å². The number of hydrogen-bond acceptors (Lipinski definition) is 0. The highest BCUT2D eigenvalue weighted by molar-refractivity contribution is 6.21. The van der Waals surface area contributed by atoms with Crippen LogP contribution in [-0.4, -0.2) is 4.57 Å².